The number of hydrogen-bond acceptors (Lipinski definition) is 2. The van der Waals surface area contributed by atoms with Gasteiger partial charge in [-0.2, -0.15) is 0 Å². The van der Waals surface area contributed by atoms with Crippen molar-refractivity contribution in [3.63, 3.8) is 0 Å². The van der Waals surface area contributed by atoms with Gasteiger partial charge in [0, 0.05) is 10.1 Å². The zero-order valence-corrected chi connectivity index (χ0v) is 12.4. The van der Waals surface area contributed by atoms with Gasteiger partial charge < -0.3 is 0 Å². The van der Waals surface area contributed by atoms with E-state index in [0.29, 0.717) is 17.4 Å². The molecule has 1 aromatic carbocycles. The molecule has 0 aliphatic heterocycles. The van der Waals surface area contributed by atoms with Gasteiger partial charge in [0.1, 0.15) is 0 Å². The maximum atomic E-state index is 11.9. The van der Waals surface area contributed by atoms with Gasteiger partial charge in [0.25, 0.3) is 0 Å². The van der Waals surface area contributed by atoms with Crippen molar-refractivity contribution >= 4 is 32.6 Å². The zero-order valence-electron chi connectivity index (χ0n) is 9.40. The molecule has 0 aromatic heterocycles. The minimum Gasteiger partial charge on any atom is -0.211 e. The van der Waals surface area contributed by atoms with Crippen LogP contribution in [0.4, 0.5) is 0 Å². The van der Waals surface area contributed by atoms with E-state index in [-0.39, 0.29) is 0 Å². The topological polar surface area (TPSA) is 46.2 Å². The largest absolute Gasteiger partial charge is 0.240 e. The minimum atomic E-state index is -3.34. The van der Waals surface area contributed by atoms with E-state index in [1.165, 1.54) is 0 Å². The highest BCUT2D eigenvalue weighted by atomic mass is 127. The molecule has 0 aliphatic rings. The van der Waals surface area contributed by atoms with E-state index in [1.807, 2.05) is 13.8 Å². The third-order valence-electron chi connectivity index (χ3n) is 2.44. The van der Waals surface area contributed by atoms with Crippen LogP contribution < -0.4 is 4.72 Å². The van der Waals surface area contributed by atoms with Gasteiger partial charge in [-0.3, -0.25) is 0 Å². The van der Waals surface area contributed by atoms with E-state index >= 15 is 0 Å². The summed E-state index contributed by atoms with van der Waals surface area (Å²) in [7, 11) is -3.34. The maximum Gasteiger partial charge on any atom is 0.240 e. The van der Waals surface area contributed by atoms with Gasteiger partial charge in [-0.1, -0.05) is 20.3 Å². The summed E-state index contributed by atoms with van der Waals surface area (Å²) in [5.74, 6) is 0.360. The fourth-order valence-corrected chi connectivity index (χ4v) is 2.62. The van der Waals surface area contributed by atoms with Gasteiger partial charge in [-0.05, 0) is 52.8 Å². The van der Waals surface area contributed by atoms with Gasteiger partial charge in [0.15, 0.2) is 0 Å². The van der Waals surface area contributed by atoms with Gasteiger partial charge in [-0.25, -0.2) is 13.1 Å². The first-order valence-electron chi connectivity index (χ1n) is 5.21. The third kappa shape index (κ3) is 4.03. The SMILES string of the molecule is CCC(C)CNS(=O)(=O)c1ccc(I)cc1. The Balaban J connectivity index is 2.74. The summed E-state index contributed by atoms with van der Waals surface area (Å²) in [6.45, 7) is 4.56. The number of benzene rings is 1. The predicted molar refractivity (Wildman–Crippen MR) is 73.8 cm³/mol. The standard InChI is InChI=1S/C11H16INO2S/c1-3-9(2)8-13-16(14,15)11-6-4-10(12)5-7-11/h4-7,9,13H,3,8H2,1-2H3. The van der Waals surface area contributed by atoms with Crippen LogP contribution >= 0.6 is 22.6 Å². The molecule has 3 nitrogen and oxygen atoms in total. The van der Waals surface area contributed by atoms with E-state index in [4.69, 9.17) is 0 Å². The molecule has 0 aliphatic carbocycles. The van der Waals surface area contributed by atoms with Crippen molar-refractivity contribution in [1.82, 2.24) is 4.72 Å². The smallest absolute Gasteiger partial charge is 0.211 e. The maximum absolute atomic E-state index is 11.9. The number of nitrogens with one attached hydrogen (secondary N) is 1. The second kappa shape index (κ2) is 5.97. The van der Waals surface area contributed by atoms with Crippen LogP contribution in [0.3, 0.4) is 0 Å². The molecular weight excluding hydrogens is 337 g/mol. The monoisotopic (exact) mass is 353 g/mol. The first-order chi connectivity index (χ1) is 7.45. The Morgan fingerprint density at radius 3 is 2.38 bits per heavy atom. The van der Waals surface area contributed by atoms with Crippen molar-refractivity contribution < 1.29 is 8.42 Å². The van der Waals surface area contributed by atoms with Crippen molar-refractivity contribution in [2.24, 2.45) is 5.92 Å². The molecule has 0 radical (unpaired) electrons. The summed E-state index contributed by atoms with van der Waals surface area (Å²) in [6, 6.07) is 6.83. The lowest BCUT2D eigenvalue weighted by Gasteiger charge is -2.10. The minimum absolute atomic E-state index is 0.330. The Labute approximate surface area is 111 Å². The van der Waals surface area contributed by atoms with E-state index in [0.717, 1.165) is 9.99 Å². The fourth-order valence-electron chi connectivity index (χ4n) is 1.09. The summed E-state index contributed by atoms with van der Waals surface area (Å²) < 4.78 is 27.3. The van der Waals surface area contributed by atoms with Crippen molar-refractivity contribution in [2.75, 3.05) is 6.54 Å². The van der Waals surface area contributed by atoms with Crippen LogP contribution in [0.5, 0.6) is 0 Å². The highest BCUT2D eigenvalue weighted by Gasteiger charge is 2.14. The third-order valence-corrected chi connectivity index (χ3v) is 4.60. The normalized spacial score (nSPS) is 13.7. The van der Waals surface area contributed by atoms with E-state index in [9.17, 15) is 8.42 Å². The average molecular weight is 353 g/mol. The molecule has 0 fully saturated rings. The second-order valence-corrected chi connectivity index (χ2v) is 6.83. The summed E-state index contributed by atoms with van der Waals surface area (Å²) in [4.78, 5) is 0.330. The molecule has 0 heterocycles. The summed E-state index contributed by atoms with van der Waals surface area (Å²) in [5, 5.41) is 0. The quantitative estimate of drug-likeness (QED) is 0.828. The van der Waals surface area contributed by atoms with Gasteiger partial charge in [-0.15, -0.1) is 0 Å². The number of halogens is 1. The Kier molecular flexibility index (Phi) is 5.20. The molecule has 0 amide bonds. The molecule has 1 N–H and O–H groups in total. The molecule has 16 heavy (non-hydrogen) atoms. The van der Waals surface area contributed by atoms with Crippen LogP contribution in [-0.2, 0) is 10.0 Å². The van der Waals surface area contributed by atoms with E-state index in [2.05, 4.69) is 27.3 Å². The molecule has 1 unspecified atom stereocenters. The van der Waals surface area contributed by atoms with Crippen LogP contribution in [0.1, 0.15) is 20.3 Å². The second-order valence-electron chi connectivity index (χ2n) is 3.82. The Morgan fingerprint density at radius 1 is 1.31 bits per heavy atom. The Hall–Kier alpha value is -0.140. The van der Waals surface area contributed by atoms with Crippen LogP contribution in [-0.4, -0.2) is 15.0 Å². The van der Waals surface area contributed by atoms with Crippen LogP contribution in [0.25, 0.3) is 0 Å². The van der Waals surface area contributed by atoms with Crippen LogP contribution in [0.15, 0.2) is 29.2 Å². The molecule has 90 valence electrons. The molecule has 1 aromatic rings. The lowest BCUT2D eigenvalue weighted by molar-refractivity contribution is 0.528. The highest BCUT2D eigenvalue weighted by Crippen LogP contribution is 2.12. The Bertz CT molecular complexity index is 428. The van der Waals surface area contributed by atoms with Crippen LogP contribution in [0.2, 0.25) is 0 Å². The number of hydrogen-bond donors (Lipinski definition) is 1. The molecule has 1 atom stereocenters. The molecular formula is C11H16INO2S. The first-order valence-corrected chi connectivity index (χ1v) is 7.77. The van der Waals surface area contributed by atoms with E-state index < -0.39 is 10.0 Å². The summed E-state index contributed by atoms with van der Waals surface area (Å²) >= 11 is 2.15. The lowest BCUT2D eigenvalue weighted by atomic mass is 10.1. The van der Waals surface area contributed by atoms with Crippen molar-refractivity contribution in [2.45, 2.75) is 25.2 Å². The Morgan fingerprint density at radius 2 is 1.88 bits per heavy atom. The van der Waals surface area contributed by atoms with Crippen LogP contribution in [0, 0.1) is 9.49 Å². The number of rotatable bonds is 5. The summed E-state index contributed by atoms with van der Waals surface area (Å²) in [5.41, 5.74) is 0. The zero-order chi connectivity index (χ0) is 12.2. The average Bonchev–Trinajstić information content (AvgIpc) is 2.26. The molecule has 0 bridgehead atoms. The van der Waals surface area contributed by atoms with Gasteiger partial charge in [0.05, 0.1) is 4.90 Å². The molecule has 1 rings (SSSR count). The fraction of sp³-hybridized carbons (Fsp3) is 0.455. The summed E-state index contributed by atoms with van der Waals surface area (Å²) in [6.07, 6.45) is 0.967. The van der Waals surface area contributed by atoms with E-state index in [1.54, 1.807) is 24.3 Å². The molecule has 0 saturated heterocycles. The lowest BCUT2D eigenvalue weighted by Crippen LogP contribution is -2.28. The highest BCUT2D eigenvalue weighted by molar-refractivity contribution is 14.1. The van der Waals surface area contributed by atoms with Crippen molar-refractivity contribution in [3.8, 4) is 0 Å². The predicted octanol–water partition coefficient (Wildman–Crippen LogP) is 2.62. The molecule has 0 spiro atoms. The molecule has 5 heteroatoms. The van der Waals surface area contributed by atoms with Crippen molar-refractivity contribution in [3.05, 3.63) is 27.8 Å². The van der Waals surface area contributed by atoms with Gasteiger partial charge >= 0.3 is 0 Å². The van der Waals surface area contributed by atoms with Gasteiger partial charge in [0.2, 0.25) is 10.0 Å². The number of sulfonamides is 1. The molecule has 0 saturated carbocycles. The first kappa shape index (κ1) is 13.9. The van der Waals surface area contributed by atoms with Crippen molar-refractivity contribution in [1.29, 1.82) is 0 Å².